The highest BCUT2D eigenvalue weighted by atomic mass is 16.5. The summed E-state index contributed by atoms with van der Waals surface area (Å²) < 4.78 is 10.2. The molecule has 1 aromatic carbocycles. The second-order valence-electron chi connectivity index (χ2n) is 6.18. The summed E-state index contributed by atoms with van der Waals surface area (Å²) in [6.07, 6.45) is 2.46. The molecule has 7 heteroatoms. The van der Waals surface area contributed by atoms with Crippen molar-refractivity contribution in [1.29, 1.82) is 0 Å². The van der Waals surface area contributed by atoms with Crippen LogP contribution in [0.4, 0.5) is 0 Å². The Morgan fingerprint density at radius 2 is 2.16 bits per heavy atom. The molecule has 1 amide bonds. The number of fused-ring (bicyclic) bond motifs is 1. The lowest BCUT2D eigenvalue weighted by molar-refractivity contribution is 0.0899. The topological polar surface area (TPSA) is 94.1 Å². The Hall–Kier alpha value is -2.96. The van der Waals surface area contributed by atoms with Gasteiger partial charge in [-0.15, -0.1) is 0 Å². The third-order valence-corrected chi connectivity index (χ3v) is 4.41. The first-order valence-electron chi connectivity index (χ1n) is 8.34. The predicted molar refractivity (Wildman–Crippen MR) is 88.9 cm³/mol. The van der Waals surface area contributed by atoms with E-state index in [1.807, 2.05) is 19.1 Å². The molecular weight excluding hydrogens is 320 g/mol. The van der Waals surface area contributed by atoms with Gasteiger partial charge in [-0.2, -0.15) is 4.98 Å². The van der Waals surface area contributed by atoms with Gasteiger partial charge in [-0.3, -0.25) is 4.79 Å². The molecule has 0 saturated carbocycles. The molecule has 4 rings (SSSR count). The van der Waals surface area contributed by atoms with E-state index in [4.69, 9.17) is 9.05 Å². The first kappa shape index (κ1) is 15.6. The summed E-state index contributed by atoms with van der Waals surface area (Å²) in [6.45, 7) is 3.76. The van der Waals surface area contributed by atoms with Gasteiger partial charge in [0, 0.05) is 18.1 Å². The monoisotopic (exact) mass is 338 g/mol. The number of benzene rings is 1. The Morgan fingerprint density at radius 1 is 1.28 bits per heavy atom. The van der Waals surface area contributed by atoms with Crippen molar-refractivity contribution in [3.8, 4) is 11.4 Å². The summed E-state index contributed by atoms with van der Waals surface area (Å²) in [4.78, 5) is 16.6. The van der Waals surface area contributed by atoms with Crippen molar-refractivity contribution in [2.45, 2.75) is 39.2 Å². The van der Waals surface area contributed by atoms with E-state index in [-0.39, 0.29) is 17.7 Å². The number of hydrogen-bond acceptors (Lipinski definition) is 6. The van der Waals surface area contributed by atoms with Crippen LogP contribution in [0, 0.1) is 6.92 Å². The van der Waals surface area contributed by atoms with Crippen LogP contribution in [0.5, 0.6) is 0 Å². The van der Waals surface area contributed by atoms with E-state index in [9.17, 15) is 4.79 Å². The Kier molecular flexibility index (Phi) is 3.83. The summed E-state index contributed by atoms with van der Waals surface area (Å²) in [7, 11) is 0. The maximum atomic E-state index is 12.3. The van der Waals surface area contributed by atoms with Gasteiger partial charge in [-0.05, 0) is 37.0 Å². The summed E-state index contributed by atoms with van der Waals surface area (Å²) in [5.41, 5.74) is 3.93. The maximum absolute atomic E-state index is 12.3. The van der Waals surface area contributed by atoms with Gasteiger partial charge >= 0.3 is 0 Å². The van der Waals surface area contributed by atoms with Crippen molar-refractivity contribution < 1.29 is 13.8 Å². The zero-order valence-electron chi connectivity index (χ0n) is 14.1. The molecule has 128 valence electrons. The molecule has 7 nitrogen and oxygen atoms in total. The molecule has 1 aliphatic carbocycles. The second kappa shape index (κ2) is 6.16. The molecule has 3 aromatic rings. The zero-order chi connectivity index (χ0) is 17.4. The van der Waals surface area contributed by atoms with Crippen LogP contribution in [0.2, 0.25) is 0 Å². The molecule has 25 heavy (non-hydrogen) atoms. The molecule has 0 aliphatic heterocycles. The molecule has 2 aromatic heterocycles. The standard InChI is InChI=1S/C18H18N4O3/c1-3-16-20-17(22-25-16)12-4-6-13-11(9-12)5-7-14(13)19-18(23)15-8-10(2)21-24-15/h4,6,8-9,14H,3,5,7H2,1-2H3,(H,19,23)/t14-/m1/s1. The minimum absolute atomic E-state index is 0.0292. The lowest BCUT2D eigenvalue weighted by Crippen LogP contribution is -2.26. The Bertz CT molecular complexity index is 928. The van der Waals surface area contributed by atoms with E-state index in [0.29, 0.717) is 23.8 Å². The van der Waals surface area contributed by atoms with Crippen LogP contribution in [0.15, 0.2) is 33.3 Å². The van der Waals surface area contributed by atoms with Gasteiger partial charge in [0.1, 0.15) is 0 Å². The van der Waals surface area contributed by atoms with Crippen molar-refractivity contribution in [2.24, 2.45) is 0 Å². The smallest absolute Gasteiger partial charge is 0.290 e. The molecule has 0 spiro atoms. The third-order valence-electron chi connectivity index (χ3n) is 4.41. The van der Waals surface area contributed by atoms with E-state index in [1.165, 1.54) is 5.56 Å². The van der Waals surface area contributed by atoms with E-state index >= 15 is 0 Å². The van der Waals surface area contributed by atoms with E-state index in [1.54, 1.807) is 13.0 Å². The number of amides is 1. The highest BCUT2D eigenvalue weighted by molar-refractivity contribution is 5.91. The Labute approximate surface area is 144 Å². The Balaban J connectivity index is 1.54. The van der Waals surface area contributed by atoms with E-state index in [0.717, 1.165) is 24.0 Å². The van der Waals surface area contributed by atoms with Crippen molar-refractivity contribution in [1.82, 2.24) is 20.6 Å². The van der Waals surface area contributed by atoms with Crippen molar-refractivity contribution in [2.75, 3.05) is 0 Å². The number of aromatic nitrogens is 3. The van der Waals surface area contributed by atoms with Gasteiger partial charge in [0.15, 0.2) is 0 Å². The lowest BCUT2D eigenvalue weighted by atomic mass is 10.0. The summed E-state index contributed by atoms with van der Waals surface area (Å²) in [5, 5.41) is 10.8. The van der Waals surface area contributed by atoms with Crippen molar-refractivity contribution in [3.63, 3.8) is 0 Å². The molecule has 0 bridgehead atoms. The molecule has 2 heterocycles. The Morgan fingerprint density at radius 3 is 2.88 bits per heavy atom. The van der Waals surface area contributed by atoms with Gasteiger partial charge in [0.2, 0.25) is 17.5 Å². The fourth-order valence-electron chi connectivity index (χ4n) is 3.12. The first-order valence-corrected chi connectivity index (χ1v) is 8.34. The van der Waals surface area contributed by atoms with Gasteiger partial charge in [-0.25, -0.2) is 0 Å². The van der Waals surface area contributed by atoms with Crippen LogP contribution in [0.25, 0.3) is 11.4 Å². The number of carbonyl (C=O) groups excluding carboxylic acids is 1. The fraction of sp³-hybridized carbons (Fsp3) is 0.333. The lowest BCUT2D eigenvalue weighted by Gasteiger charge is -2.13. The average molecular weight is 338 g/mol. The van der Waals surface area contributed by atoms with Crippen LogP contribution < -0.4 is 5.32 Å². The van der Waals surface area contributed by atoms with Gasteiger partial charge < -0.3 is 14.4 Å². The van der Waals surface area contributed by atoms with Gasteiger partial charge in [-0.1, -0.05) is 29.4 Å². The van der Waals surface area contributed by atoms with Crippen LogP contribution in [-0.2, 0) is 12.8 Å². The molecule has 0 unspecified atom stereocenters. The van der Waals surface area contributed by atoms with Crippen LogP contribution >= 0.6 is 0 Å². The fourth-order valence-corrected chi connectivity index (χ4v) is 3.12. The summed E-state index contributed by atoms with van der Waals surface area (Å²) in [5.74, 6) is 1.22. The SMILES string of the molecule is CCc1nc(-c2ccc3c(c2)CC[C@H]3NC(=O)c2cc(C)no2)no1. The summed E-state index contributed by atoms with van der Waals surface area (Å²) >= 11 is 0. The highest BCUT2D eigenvalue weighted by Gasteiger charge is 2.26. The average Bonchev–Trinajstić information content (AvgIpc) is 3.34. The number of aryl methyl sites for hydroxylation is 3. The van der Waals surface area contributed by atoms with Crippen molar-refractivity contribution in [3.05, 3.63) is 52.7 Å². The van der Waals surface area contributed by atoms with E-state index in [2.05, 4.69) is 26.7 Å². The van der Waals surface area contributed by atoms with Gasteiger partial charge in [0.25, 0.3) is 5.91 Å². The van der Waals surface area contributed by atoms with E-state index < -0.39 is 0 Å². The highest BCUT2D eigenvalue weighted by Crippen LogP contribution is 2.34. The van der Waals surface area contributed by atoms with Crippen LogP contribution in [0.1, 0.15) is 52.7 Å². The number of nitrogens with one attached hydrogen (secondary N) is 1. The number of hydrogen-bond donors (Lipinski definition) is 1. The largest absolute Gasteiger partial charge is 0.351 e. The van der Waals surface area contributed by atoms with Crippen LogP contribution in [-0.4, -0.2) is 21.2 Å². The number of rotatable bonds is 4. The minimum Gasteiger partial charge on any atom is -0.351 e. The molecule has 1 N–H and O–H groups in total. The number of carbonyl (C=O) groups is 1. The molecule has 0 saturated heterocycles. The second-order valence-corrected chi connectivity index (χ2v) is 6.18. The van der Waals surface area contributed by atoms with Crippen LogP contribution in [0.3, 0.4) is 0 Å². The molecular formula is C18H18N4O3. The van der Waals surface area contributed by atoms with Crippen molar-refractivity contribution >= 4 is 5.91 Å². The molecule has 1 aliphatic rings. The molecule has 1 atom stereocenters. The minimum atomic E-state index is -0.242. The molecule has 0 fully saturated rings. The first-order chi connectivity index (χ1) is 12.1. The maximum Gasteiger partial charge on any atom is 0.290 e. The zero-order valence-corrected chi connectivity index (χ0v) is 14.1. The number of nitrogens with zero attached hydrogens (tertiary/aromatic N) is 3. The normalized spacial score (nSPS) is 16.0. The molecule has 0 radical (unpaired) electrons. The third kappa shape index (κ3) is 2.93. The quantitative estimate of drug-likeness (QED) is 0.786. The predicted octanol–water partition coefficient (Wildman–Crippen LogP) is 3.01. The van der Waals surface area contributed by atoms with Gasteiger partial charge in [0.05, 0.1) is 11.7 Å². The summed E-state index contributed by atoms with van der Waals surface area (Å²) in [6, 6.07) is 7.67.